The van der Waals surface area contributed by atoms with Gasteiger partial charge in [0.1, 0.15) is 0 Å². The zero-order chi connectivity index (χ0) is 16.2. The first kappa shape index (κ1) is 15.2. The van der Waals surface area contributed by atoms with E-state index in [2.05, 4.69) is 15.2 Å². The summed E-state index contributed by atoms with van der Waals surface area (Å²) in [6.07, 6.45) is 0. The molecule has 0 aliphatic heterocycles. The van der Waals surface area contributed by atoms with Crippen LogP contribution in [0.5, 0.6) is 0 Å². The van der Waals surface area contributed by atoms with E-state index in [1.165, 1.54) is 23.4 Å². The molecule has 6 nitrogen and oxygen atoms in total. The number of aromatic amines is 1. The van der Waals surface area contributed by atoms with Crippen molar-refractivity contribution in [2.45, 2.75) is 17.8 Å². The van der Waals surface area contributed by atoms with Crippen LogP contribution >= 0.6 is 11.8 Å². The maximum Gasteiger partial charge on any atom is 0.269 e. The van der Waals surface area contributed by atoms with Crippen LogP contribution in [0.4, 0.5) is 5.69 Å². The second-order valence-corrected chi connectivity index (χ2v) is 5.99. The topological polar surface area (TPSA) is 84.7 Å². The number of nitrogens with zero attached hydrogens (tertiary/aromatic N) is 3. The molecule has 2 aromatic carbocycles. The SMILES string of the molecule is Cc1ccc(-c2nc(SCc3cccc([N+](=O)[O-])c3)n[nH]2)cc1. The molecule has 1 heterocycles. The van der Waals surface area contributed by atoms with E-state index >= 15 is 0 Å². The third kappa shape index (κ3) is 3.75. The zero-order valence-corrected chi connectivity index (χ0v) is 13.2. The van der Waals surface area contributed by atoms with Crippen molar-refractivity contribution in [1.29, 1.82) is 0 Å². The number of thioether (sulfide) groups is 1. The van der Waals surface area contributed by atoms with Crippen LogP contribution < -0.4 is 0 Å². The Hall–Kier alpha value is -2.67. The smallest absolute Gasteiger partial charge is 0.258 e. The second-order valence-electron chi connectivity index (χ2n) is 5.05. The molecule has 7 heteroatoms. The molecule has 3 rings (SSSR count). The van der Waals surface area contributed by atoms with E-state index in [0.29, 0.717) is 16.7 Å². The van der Waals surface area contributed by atoms with Crippen LogP contribution in [0.15, 0.2) is 53.7 Å². The van der Waals surface area contributed by atoms with Crippen LogP contribution in [-0.2, 0) is 5.75 Å². The molecule has 1 N–H and O–H groups in total. The van der Waals surface area contributed by atoms with Gasteiger partial charge in [-0.15, -0.1) is 5.10 Å². The summed E-state index contributed by atoms with van der Waals surface area (Å²) in [4.78, 5) is 14.8. The van der Waals surface area contributed by atoms with Crippen molar-refractivity contribution in [1.82, 2.24) is 15.2 Å². The Morgan fingerprint density at radius 3 is 2.74 bits per heavy atom. The minimum Gasteiger partial charge on any atom is -0.258 e. The molecule has 3 aromatic rings. The molecule has 0 atom stereocenters. The molecule has 0 unspecified atom stereocenters. The predicted octanol–water partition coefficient (Wildman–Crippen LogP) is 3.98. The van der Waals surface area contributed by atoms with Gasteiger partial charge >= 0.3 is 0 Å². The molecule has 0 radical (unpaired) electrons. The Bertz CT molecular complexity index is 830. The van der Waals surface area contributed by atoms with E-state index < -0.39 is 4.92 Å². The highest BCUT2D eigenvalue weighted by Gasteiger charge is 2.09. The normalized spacial score (nSPS) is 10.7. The maximum atomic E-state index is 10.8. The fourth-order valence-electron chi connectivity index (χ4n) is 2.06. The lowest BCUT2D eigenvalue weighted by molar-refractivity contribution is -0.384. The number of benzene rings is 2. The number of nitrogens with one attached hydrogen (secondary N) is 1. The van der Waals surface area contributed by atoms with Crippen molar-refractivity contribution in [3.8, 4) is 11.4 Å². The monoisotopic (exact) mass is 326 g/mol. The largest absolute Gasteiger partial charge is 0.269 e. The maximum absolute atomic E-state index is 10.8. The highest BCUT2D eigenvalue weighted by atomic mass is 32.2. The Balaban J connectivity index is 1.69. The highest BCUT2D eigenvalue weighted by molar-refractivity contribution is 7.98. The van der Waals surface area contributed by atoms with Crippen LogP contribution in [0.3, 0.4) is 0 Å². The van der Waals surface area contributed by atoms with E-state index in [0.717, 1.165) is 11.1 Å². The van der Waals surface area contributed by atoms with Gasteiger partial charge < -0.3 is 0 Å². The molecule has 0 aliphatic carbocycles. The molecule has 0 aliphatic rings. The molecule has 23 heavy (non-hydrogen) atoms. The number of aromatic nitrogens is 3. The van der Waals surface area contributed by atoms with Crippen LogP contribution in [0.25, 0.3) is 11.4 Å². The first-order chi connectivity index (χ1) is 11.1. The van der Waals surface area contributed by atoms with Crippen molar-refractivity contribution >= 4 is 17.4 Å². The van der Waals surface area contributed by atoms with E-state index in [4.69, 9.17) is 0 Å². The van der Waals surface area contributed by atoms with E-state index in [1.807, 2.05) is 37.3 Å². The van der Waals surface area contributed by atoms with Gasteiger partial charge in [0, 0.05) is 23.4 Å². The van der Waals surface area contributed by atoms with Crippen molar-refractivity contribution < 1.29 is 4.92 Å². The molecule has 0 spiro atoms. The minimum absolute atomic E-state index is 0.0958. The number of aryl methyl sites for hydroxylation is 1. The third-order valence-corrected chi connectivity index (χ3v) is 4.20. The van der Waals surface area contributed by atoms with Gasteiger partial charge in [0.25, 0.3) is 5.69 Å². The molecule has 1 aromatic heterocycles. The molecular weight excluding hydrogens is 312 g/mol. The third-order valence-electron chi connectivity index (χ3n) is 3.28. The molecule has 0 bridgehead atoms. The molecule has 116 valence electrons. The first-order valence-corrected chi connectivity index (χ1v) is 7.96. The lowest BCUT2D eigenvalue weighted by Gasteiger charge is -1.98. The summed E-state index contributed by atoms with van der Waals surface area (Å²) in [6, 6.07) is 14.6. The average molecular weight is 326 g/mol. The van der Waals surface area contributed by atoms with Crippen molar-refractivity contribution in [3.05, 3.63) is 69.8 Å². The van der Waals surface area contributed by atoms with E-state index in [9.17, 15) is 10.1 Å². The quantitative estimate of drug-likeness (QED) is 0.435. The molecule has 0 amide bonds. The number of rotatable bonds is 5. The Morgan fingerprint density at radius 2 is 2.00 bits per heavy atom. The summed E-state index contributed by atoms with van der Waals surface area (Å²) in [7, 11) is 0. The van der Waals surface area contributed by atoms with Gasteiger partial charge in [0.15, 0.2) is 5.82 Å². The first-order valence-electron chi connectivity index (χ1n) is 6.97. The summed E-state index contributed by atoms with van der Waals surface area (Å²) < 4.78 is 0. The lowest BCUT2D eigenvalue weighted by atomic mass is 10.1. The summed E-state index contributed by atoms with van der Waals surface area (Å²) in [6.45, 7) is 2.03. The fraction of sp³-hybridized carbons (Fsp3) is 0.125. The number of non-ortho nitro benzene ring substituents is 1. The van der Waals surface area contributed by atoms with E-state index in [1.54, 1.807) is 12.1 Å². The summed E-state index contributed by atoms with van der Waals surface area (Å²) in [5.41, 5.74) is 3.13. The Morgan fingerprint density at radius 1 is 1.22 bits per heavy atom. The number of H-pyrrole nitrogens is 1. The minimum atomic E-state index is -0.392. The summed E-state index contributed by atoms with van der Waals surface area (Å²) in [5, 5.41) is 18.5. The Labute approximate surface area is 137 Å². The summed E-state index contributed by atoms with van der Waals surface area (Å²) >= 11 is 1.44. The zero-order valence-electron chi connectivity index (χ0n) is 12.4. The van der Waals surface area contributed by atoms with Gasteiger partial charge in [-0.05, 0) is 12.5 Å². The highest BCUT2D eigenvalue weighted by Crippen LogP contribution is 2.24. The number of nitro groups is 1. The van der Waals surface area contributed by atoms with Gasteiger partial charge in [-0.25, -0.2) is 4.98 Å². The summed E-state index contributed by atoms with van der Waals surface area (Å²) in [5.74, 6) is 1.29. The van der Waals surface area contributed by atoms with Crippen LogP contribution in [0.2, 0.25) is 0 Å². The van der Waals surface area contributed by atoms with Gasteiger partial charge in [-0.2, -0.15) is 0 Å². The standard InChI is InChI=1S/C16H14N4O2S/c1-11-5-7-13(8-6-11)15-17-16(19-18-15)23-10-12-3-2-4-14(9-12)20(21)22/h2-9H,10H2,1H3,(H,17,18,19). The molecule has 0 saturated heterocycles. The fourth-order valence-corrected chi connectivity index (χ4v) is 2.80. The average Bonchev–Trinajstić information content (AvgIpc) is 3.03. The van der Waals surface area contributed by atoms with Crippen LogP contribution in [0.1, 0.15) is 11.1 Å². The van der Waals surface area contributed by atoms with E-state index in [-0.39, 0.29) is 5.69 Å². The van der Waals surface area contributed by atoms with Crippen LogP contribution in [-0.4, -0.2) is 20.1 Å². The van der Waals surface area contributed by atoms with Gasteiger partial charge in [-0.3, -0.25) is 15.2 Å². The molecular formula is C16H14N4O2S. The van der Waals surface area contributed by atoms with Crippen molar-refractivity contribution in [3.63, 3.8) is 0 Å². The molecule has 0 fully saturated rings. The number of hydrogen-bond donors (Lipinski definition) is 1. The number of hydrogen-bond acceptors (Lipinski definition) is 5. The van der Waals surface area contributed by atoms with Crippen molar-refractivity contribution in [2.75, 3.05) is 0 Å². The van der Waals surface area contributed by atoms with Gasteiger partial charge in [-0.1, -0.05) is 53.7 Å². The predicted molar refractivity (Wildman–Crippen MR) is 89.2 cm³/mol. The van der Waals surface area contributed by atoms with Crippen LogP contribution in [0, 0.1) is 17.0 Å². The Kier molecular flexibility index (Phi) is 4.38. The number of nitro benzene ring substituents is 1. The van der Waals surface area contributed by atoms with Gasteiger partial charge in [0.2, 0.25) is 5.16 Å². The lowest BCUT2D eigenvalue weighted by Crippen LogP contribution is -1.89. The van der Waals surface area contributed by atoms with Gasteiger partial charge in [0.05, 0.1) is 4.92 Å². The second kappa shape index (κ2) is 6.62. The van der Waals surface area contributed by atoms with Crippen molar-refractivity contribution in [2.24, 2.45) is 0 Å². The molecule has 0 saturated carbocycles.